The van der Waals surface area contributed by atoms with Gasteiger partial charge in [-0.15, -0.1) is 11.6 Å². The van der Waals surface area contributed by atoms with Crippen LogP contribution >= 0.6 is 19.3 Å². The van der Waals surface area contributed by atoms with Gasteiger partial charge in [-0.25, -0.2) is 14.6 Å². The van der Waals surface area contributed by atoms with E-state index in [1.165, 1.54) is 13.3 Å². The van der Waals surface area contributed by atoms with Gasteiger partial charge in [0, 0.05) is 0 Å². The molecule has 2 fully saturated rings. The molecule has 2 aromatic heterocycles. The standard InChI is InChI=1S/C19H28ClN6O7P/c1-6-29-15-12-14(23-18(21)24-15)26(8-22-12)17-19(5,20)13-11(32-17)7-30-34(28,33-13)25-10(4)16(27)31-9(2)3/h8-11,13,17H,6-7H2,1-5H3,(H,25,28)(H2,21,23,24)/t10-,11+,13+,17+,19+,34?/m0/s1. The van der Waals surface area contributed by atoms with Crippen molar-refractivity contribution < 1.29 is 32.6 Å². The predicted octanol–water partition coefficient (Wildman–Crippen LogP) is 2.16. The molecule has 2 aliphatic heterocycles. The van der Waals surface area contributed by atoms with E-state index < -0.39 is 43.1 Å². The molecule has 13 nitrogen and oxygen atoms in total. The Morgan fingerprint density at radius 1 is 1.44 bits per heavy atom. The van der Waals surface area contributed by atoms with Crippen LogP contribution in [0.2, 0.25) is 0 Å². The van der Waals surface area contributed by atoms with Crippen molar-refractivity contribution in [1.29, 1.82) is 0 Å². The third-order valence-corrected chi connectivity index (χ3v) is 7.44. The van der Waals surface area contributed by atoms with E-state index in [1.54, 1.807) is 25.3 Å². The van der Waals surface area contributed by atoms with E-state index >= 15 is 0 Å². The number of imidazole rings is 1. The highest BCUT2D eigenvalue weighted by Crippen LogP contribution is 2.57. The summed E-state index contributed by atoms with van der Waals surface area (Å²) in [5.74, 6) is -0.341. The molecule has 2 aromatic rings. The highest BCUT2D eigenvalue weighted by molar-refractivity contribution is 7.51. The van der Waals surface area contributed by atoms with Crippen LogP contribution in [0.5, 0.6) is 5.88 Å². The number of hydrogen-bond donors (Lipinski definition) is 2. The van der Waals surface area contributed by atoms with Crippen LogP contribution < -0.4 is 15.6 Å². The van der Waals surface area contributed by atoms with Crippen molar-refractivity contribution >= 4 is 42.4 Å². The quantitative estimate of drug-likeness (QED) is 0.312. The van der Waals surface area contributed by atoms with Gasteiger partial charge in [0.25, 0.3) is 0 Å². The van der Waals surface area contributed by atoms with Crippen LogP contribution in [-0.4, -0.2) is 67.9 Å². The Balaban J connectivity index is 1.58. The van der Waals surface area contributed by atoms with Crippen molar-refractivity contribution in [3.63, 3.8) is 0 Å². The molecule has 188 valence electrons. The minimum absolute atomic E-state index is 0.0000513. The fourth-order valence-electron chi connectivity index (χ4n) is 3.87. The molecule has 15 heteroatoms. The number of fused-ring (bicyclic) bond motifs is 2. The van der Waals surface area contributed by atoms with Crippen LogP contribution in [0.3, 0.4) is 0 Å². The summed E-state index contributed by atoms with van der Waals surface area (Å²) in [7, 11) is -3.90. The smallest absolute Gasteiger partial charge is 0.406 e. The average molecular weight is 519 g/mol. The summed E-state index contributed by atoms with van der Waals surface area (Å²) in [4.78, 5) is 23.6. The number of rotatable bonds is 7. The van der Waals surface area contributed by atoms with Gasteiger partial charge in [-0.3, -0.25) is 18.4 Å². The summed E-state index contributed by atoms with van der Waals surface area (Å²) in [5.41, 5.74) is 6.61. The first-order chi connectivity index (χ1) is 15.9. The number of ether oxygens (including phenoxy) is 3. The minimum atomic E-state index is -3.90. The summed E-state index contributed by atoms with van der Waals surface area (Å²) in [6.07, 6.45) is -1.14. The summed E-state index contributed by atoms with van der Waals surface area (Å²) < 4.78 is 42.9. The molecule has 1 unspecified atom stereocenters. The second kappa shape index (κ2) is 9.21. The third-order valence-electron chi connectivity index (χ3n) is 5.34. The highest BCUT2D eigenvalue weighted by Gasteiger charge is 2.60. The molecule has 0 aromatic carbocycles. The van der Waals surface area contributed by atoms with Crippen molar-refractivity contribution in [2.45, 2.75) is 70.1 Å². The number of nitrogen functional groups attached to an aromatic ring is 1. The third kappa shape index (κ3) is 4.60. The molecule has 3 N–H and O–H groups in total. The SMILES string of the molecule is CCOc1nc(N)nc2c1ncn2[C@@H]1O[C@@H]2COP(=O)(N[C@@H](C)C(=O)OC(C)C)O[C@H]2[C@@]1(C)Cl. The van der Waals surface area contributed by atoms with Crippen molar-refractivity contribution in [2.24, 2.45) is 0 Å². The lowest BCUT2D eigenvalue weighted by Crippen LogP contribution is -2.47. The van der Waals surface area contributed by atoms with Gasteiger partial charge in [0.2, 0.25) is 11.8 Å². The van der Waals surface area contributed by atoms with E-state index in [0.717, 1.165) is 0 Å². The van der Waals surface area contributed by atoms with Gasteiger partial charge >= 0.3 is 13.7 Å². The van der Waals surface area contributed by atoms with Crippen LogP contribution in [0.1, 0.15) is 40.8 Å². The van der Waals surface area contributed by atoms with E-state index in [4.69, 9.17) is 40.6 Å². The molecule has 0 bridgehead atoms. The maximum atomic E-state index is 13.3. The molecular formula is C19H28ClN6O7P. The number of anilines is 1. The summed E-state index contributed by atoms with van der Waals surface area (Å²) in [6, 6.07) is -0.932. The van der Waals surface area contributed by atoms with E-state index in [9.17, 15) is 9.36 Å². The topological polar surface area (TPSA) is 162 Å². The zero-order valence-electron chi connectivity index (χ0n) is 19.4. The number of hydrogen-bond acceptors (Lipinski definition) is 11. The molecule has 4 rings (SSSR count). The summed E-state index contributed by atoms with van der Waals surface area (Å²) in [6.45, 7) is 8.74. The highest BCUT2D eigenvalue weighted by atomic mass is 35.5. The number of aromatic nitrogens is 4. The fraction of sp³-hybridized carbons (Fsp3) is 0.684. The average Bonchev–Trinajstić information content (AvgIpc) is 3.25. The molecule has 0 saturated carbocycles. The number of nitrogens with zero attached hydrogens (tertiary/aromatic N) is 4. The lowest BCUT2D eigenvalue weighted by molar-refractivity contribution is -0.149. The summed E-state index contributed by atoms with van der Waals surface area (Å²) >= 11 is 6.93. The molecule has 0 radical (unpaired) electrons. The Hall–Kier alpha value is -2.02. The zero-order chi connectivity index (χ0) is 24.8. The largest absolute Gasteiger partial charge is 0.476 e. The van der Waals surface area contributed by atoms with Gasteiger partial charge in [0.1, 0.15) is 23.1 Å². The number of carbonyl (C=O) groups excluding carboxylic acids is 1. The first kappa shape index (κ1) is 25.1. The van der Waals surface area contributed by atoms with Crippen LogP contribution in [0, 0.1) is 0 Å². The van der Waals surface area contributed by atoms with Gasteiger partial charge < -0.3 is 19.9 Å². The minimum Gasteiger partial charge on any atom is -0.476 e. The molecule has 4 heterocycles. The van der Waals surface area contributed by atoms with Crippen LogP contribution in [-0.2, 0) is 27.9 Å². The molecule has 6 atom stereocenters. The number of halogens is 1. The van der Waals surface area contributed by atoms with Crippen LogP contribution in [0.25, 0.3) is 11.2 Å². The number of esters is 1. The lowest BCUT2D eigenvalue weighted by Gasteiger charge is -2.36. The predicted molar refractivity (Wildman–Crippen MR) is 121 cm³/mol. The number of alkyl halides is 1. The molecule has 2 aliphatic rings. The van der Waals surface area contributed by atoms with Gasteiger partial charge in [0.05, 0.1) is 25.6 Å². The fourth-order valence-corrected chi connectivity index (χ4v) is 6.04. The van der Waals surface area contributed by atoms with Gasteiger partial charge in [-0.1, -0.05) is 0 Å². The number of carbonyl (C=O) groups is 1. The first-order valence-electron chi connectivity index (χ1n) is 10.8. The maximum absolute atomic E-state index is 13.3. The Bertz CT molecular complexity index is 1130. The molecular weight excluding hydrogens is 491 g/mol. The van der Waals surface area contributed by atoms with E-state index in [-0.39, 0.29) is 24.5 Å². The van der Waals surface area contributed by atoms with Crippen molar-refractivity contribution in [1.82, 2.24) is 24.6 Å². The van der Waals surface area contributed by atoms with Crippen molar-refractivity contribution in [2.75, 3.05) is 18.9 Å². The van der Waals surface area contributed by atoms with E-state index in [2.05, 4.69) is 20.0 Å². The Morgan fingerprint density at radius 3 is 2.85 bits per heavy atom. The molecule has 0 spiro atoms. The van der Waals surface area contributed by atoms with Crippen LogP contribution in [0.15, 0.2) is 6.33 Å². The van der Waals surface area contributed by atoms with Gasteiger partial charge in [-0.05, 0) is 34.6 Å². The number of nitrogens with two attached hydrogens (primary N) is 1. The van der Waals surface area contributed by atoms with Gasteiger partial charge in [0.15, 0.2) is 17.4 Å². The van der Waals surface area contributed by atoms with E-state index in [1.807, 2.05) is 6.92 Å². The maximum Gasteiger partial charge on any atom is 0.406 e. The monoisotopic (exact) mass is 518 g/mol. The normalized spacial score (nSPS) is 32.0. The first-order valence-corrected chi connectivity index (χ1v) is 12.8. The number of nitrogens with one attached hydrogen (secondary N) is 1. The van der Waals surface area contributed by atoms with E-state index in [0.29, 0.717) is 17.8 Å². The van der Waals surface area contributed by atoms with Crippen molar-refractivity contribution in [3.8, 4) is 5.88 Å². The zero-order valence-corrected chi connectivity index (χ0v) is 21.1. The molecule has 0 aliphatic carbocycles. The lowest BCUT2D eigenvalue weighted by atomic mass is 10.0. The Morgan fingerprint density at radius 2 is 2.18 bits per heavy atom. The summed E-state index contributed by atoms with van der Waals surface area (Å²) in [5, 5.41) is 2.61. The molecule has 34 heavy (non-hydrogen) atoms. The Kier molecular flexibility index (Phi) is 6.80. The van der Waals surface area contributed by atoms with Crippen molar-refractivity contribution in [3.05, 3.63) is 6.33 Å². The second-order valence-electron chi connectivity index (χ2n) is 8.48. The second-order valence-corrected chi connectivity index (χ2v) is 11.0. The molecule has 0 amide bonds. The van der Waals surface area contributed by atoms with Gasteiger partial charge in [-0.2, -0.15) is 9.97 Å². The van der Waals surface area contributed by atoms with Crippen LogP contribution in [0.4, 0.5) is 5.95 Å². The Labute approximate surface area is 201 Å². The molecule has 2 saturated heterocycles.